The first-order valence-electron chi connectivity index (χ1n) is 6.82. The van der Waals surface area contributed by atoms with E-state index in [4.69, 9.17) is 10.9 Å². The number of rotatable bonds is 3. The predicted octanol–water partition coefficient (Wildman–Crippen LogP) is 1.59. The number of anilines is 1. The van der Waals surface area contributed by atoms with Crippen LogP contribution in [0.1, 0.15) is 18.4 Å². The molecule has 1 fully saturated rings. The number of nitrogens with two attached hydrogens (primary N) is 1. The molecule has 0 bridgehead atoms. The zero-order valence-corrected chi connectivity index (χ0v) is 12.2. The van der Waals surface area contributed by atoms with Gasteiger partial charge in [-0.25, -0.2) is 8.78 Å². The van der Waals surface area contributed by atoms with Crippen LogP contribution in [0.25, 0.3) is 0 Å². The molecule has 1 aromatic carbocycles. The third kappa shape index (κ3) is 3.24. The number of nitrogens with zero attached hydrogens (tertiary/aromatic N) is 3. The quantitative estimate of drug-likeness (QED) is 0.385. The Bertz CT molecular complexity index is 525. The lowest BCUT2D eigenvalue weighted by molar-refractivity contribution is 0.256. The minimum absolute atomic E-state index is 0.0254. The van der Waals surface area contributed by atoms with E-state index in [0.717, 1.165) is 25.0 Å². The maximum absolute atomic E-state index is 14.2. The van der Waals surface area contributed by atoms with Crippen molar-refractivity contribution in [2.75, 3.05) is 32.1 Å². The highest BCUT2D eigenvalue weighted by molar-refractivity contribution is 5.97. The fourth-order valence-electron chi connectivity index (χ4n) is 2.65. The van der Waals surface area contributed by atoms with Gasteiger partial charge in [-0.3, -0.25) is 0 Å². The van der Waals surface area contributed by atoms with Crippen LogP contribution in [0.5, 0.6) is 0 Å². The zero-order valence-electron chi connectivity index (χ0n) is 12.2. The van der Waals surface area contributed by atoms with E-state index in [-0.39, 0.29) is 23.1 Å². The summed E-state index contributed by atoms with van der Waals surface area (Å²) in [7, 11) is 3.92. The zero-order chi connectivity index (χ0) is 15.6. The van der Waals surface area contributed by atoms with Crippen LogP contribution in [-0.4, -0.2) is 49.2 Å². The Kier molecular flexibility index (Phi) is 4.62. The monoisotopic (exact) mass is 298 g/mol. The molecule has 7 heteroatoms. The van der Waals surface area contributed by atoms with Gasteiger partial charge in [-0.15, -0.1) is 0 Å². The maximum atomic E-state index is 14.2. The smallest absolute Gasteiger partial charge is 0.170 e. The van der Waals surface area contributed by atoms with E-state index >= 15 is 0 Å². The molecule has 0 spiro atoms. The van der Waals surface area contributed by atoms with Crippen LogP contribution in [0, 0.1) is 11.6 Å². The van der Waals surface area contributed by atoms with Gasteiger partial charge in [0.1, 0.15) is 17.3 Å². The molecule has 1 heterocycles. The van der Waals surface area contributed by atoms with Crippen LogP contribution in [0.2, 0.25) is 0 Å². The van der Waals surface area contributed by atoms with Gasteiger partial charge in [-0.2, -0.15) is 0 Å². The van der Waals surface area contributed by atoms with Gasteiger partial charge >= 0.3 is 0 Å². The number of amidine groups is 1. The van der Waals surface area contributed by atoms with E-state index in [1.165, 1.54) is 0 Å². The van der Waals surface area contributed by atoms with Crippen molar-refractivity contribution in [1.82, 2.24) is 4.90 Å². The van der Waals surface area contributed by atoms with Gasteiger partial charge in [0.05, 0.1) is 0 Å². The molecular formula is C14H20F2N4O. The average molecular weight is 298 g/mol. The number of halogens is 2. The van der Waals surface area contributed by atoms with Crippen molar-refractivity contribution in [2.45, 2.75) is 18.9 Å². The third-order valence-corrected chi connectivity index (χ3v) is 3.86. The summed E-state index contributed by atoms with van der Waals surface area (Å²) in [6.45, 7) is 1.19. The molecule has 21 heavy (non-hydrogen) atoms. The highest BCUT2D eigenvalue weighted by Gasteiger charge is 2.26. The van der Waals surface area contributed by atoms with Crippen molar-refractivity contribution in [3.8, 4) is 0 Å². The molecule has 116 valence electrons. The number of likely N-dealkylation sites (N-methyl/N-ethyl adjacent to an activating group) is 1. The topological polar surface area (TPSA) is 65.1 Å². The summed E-state index contributed by atoms with van der Waals surface area (Å²) < 4.78 is 28.5. The number of benzene rings is 1. The molecule has 0 radical (unpaired) electrons. The first-order valence-corrected chi connectivity index (χ1v) is 6.82. The molecule has 0 aliphatic carbocycles. The lowest BCUT2D eigenvalue weighted by Gasteiger charge is -2.37. The second-order valence-corrected chi connectivity index (χ2v) is 5.48. The second kappa shape index (κ2) is 6.26. The summed E-state index contributed by atoms with van der Waals surface area (Å²) in [5.74, 6) is -1.71. The summed E-state index contributed by atoms with van der Waals surface area (Å²) >= 11 is 0. The fourth-order valence-corrected chi connectivity index (χ4v) is 2.65. The van der Waals surface area contributed by atoms with Crippen molar-refractivity contribution in [3.63, 3.8) is 0 Å². The number of oxime groups is 1. The van der Waals surface area contributed by atoms with E-state index in [0.29, 0.717) is 13.1 Å². The second-order valence-electron chi connectivity index (χ2n) is 5.48. The van der Waals surface area contributed by atoms with E-state index in [2.05, 4.69) is 10.1 Å². The van der Waals surface area contributed by atoms with Crippen LogP contribution < -0.4 is 10.6 Å². The van der Waals surface area contributed by atoms with Crippen LogP contribution in [0.4, 0.5) is 14.5 Å². The molecule has 1 aromatic rings. The van der Waals surface area contributed by atoms with E-state index in [1.54, 1.807) is 4.90 Å². The van der Waals surface area contributed by atoms with E-state index in [9.17, 15) is 8.78 Å². The minimum Gasteiger partial charge on any atom is -0.409 e. The summed E-state index contributed by atoms with van der Waals surface area (Å²) in [5, 5.41) is 11.3. The standard InChI is InChI=1S/C14H20F2N4O/c1-19(2)10-4-3-5-20(8-10)13-11(15)6-9(7-12(13)16)14(17)18-21/h6-7,10,21H,3-5,8H2,1-2H3,(H2,17,18). The lowest BCUT2D eigenvalue weighted by atomic mass is 10.0. The summed E-state index contributed by atoms with van der Waals surface area (Å²) in [6, 6.07) is 2.45. The van der Waals surface area contributed by atoms with Crippen LogP contribution >= 0.6 is 0 Å². The van der Waals surface area contributed by atoms with Crippen molar-refractivity contribution >= 4 is 11.5 Å². The van der Waals surface area contributed by atoms with Gasteiger partial charge in [0, 0.05) is 24.7 Å². The minimum atomic E-state index is -0.698. The van der Waals surface area contributed by atoms with Crippen LogP contribution in [-0.2, 0) is 0 Å². The molecule has 1 unspecified atom stereocenters. The molecular weight excluding hydrogens is 278 g/mol. The molecule has 2 rings (SSSR count). The molecule has 1 saturated heterocycles. The SMILES string of the molecule is CN(C)C1CCCN(c2c(F)cc(C(N)=NO)cc2F)C1. The molecule has 5 nitrogen and oxygen atoms in total. The van der Waals surface area contributed by atoms with Crippen molar-refractivity contribution < 1.29 is 14.0 Å². The van der Waals surface area contributed by atoms with Gasteiger partial charge < -0.3 is 20.7 Å². The first-order chi connectivity index (χ1) is 9.93. The average Bonchev–Trinajstić information content (AvgIpc) is 2.45. The molecule has 1 aliphatic rings. The van der Waals surface area contributed by atoms with Gasteiger partial charge in [-0.05, 0) is 39.1 Å². The molecule has 0 saturated carbocycles. The Labute approximate surface area is 122 Å². The number of hydrogen-bond donors (Lipinski definition) is 2. The Morgan fingerprint density at radius 1 is 1.38 bits per heavy atom. The van der Waals surface area contributed by atoms with Crippen LogP contribution in [0.15, 0.2) is 17.3 Å². The normalized spacial score (nSPS) is 20.1. The summed E-state index contributed by atoms with van der Waals surface area (Å²) in [6.07, 6.45) is 1.89. The molecule has 0 amide bonds. The van der Waals surface area contributed by atoms with Crippen molar-refractivity contribution in [1.29, 1.82) is 0 Å². The van der Waals surface area contributed by atoms with E-state index < -0.39 is 11.6 Å². The number of piperidine rings is 1. The molecule has 3 N–H and O–H groups in total. The number of hydrogen-bond acceptors (Lipinski definition) is 4. The van der Waals surface area contributed by atoms with Gasteiger partial charge in [0.2, 0.25) is 0 Å². The maximum Gasteiger partial charge on any atom is 0.170 e. The Balaban J connectivity index is 2.32. The summed E-state index contributed by atoms with van der Waals surface area (Å²) in [4.78, 5) is 3.78. The van der Waals surface area contributed by atoms with Crippen molar-refractivity contribution in [3.05, 3.63) is 29.3 Å². The molecule has 1 aliphatic heterocycles. The van der Waals surface area contributed by atoms with Gasteiger partial charge in [0.15, 0.2) is 5.84 Å². The largest absolute Gasteiger partial charge is 0.409 e. The molecule has 0 aromatic heterocycles. The van der Waals surface area contributed by atoms with Crippen LogP contribution in [0.3, 0.4) is 0 Å². The fraction of sp³-hybridized carbons (Fsp3) is 0.500. The van der Waals surface area contributed by atoms with Gasteiger partial charge in [-0.1, -0.05) is 5.16 Å². The summed E-state index contributed by atoms with van der Waals surface area (Å²) in [5.41, 5.74) is 5.35. The first kappa shape index (κ1) is 15.5. The van der Waals surface area contributed by atoms with E-state index in [1.807, 2.05) is 14.1 Å². The van der Waals surface area contributed by atoms with Crippen molar-refractivity contribution in [2.24, 2.45) is 10.9 Å². The van der Waals surface area contributed by atoms with Gasteiger partial charge in [0.25, 0.3) is 0 Å². The lowest BCUT2D eigenvalue weighted by Crippen LogP contribution is -2.45. The Morgan fingerprint density at radius 3 is 2.52 bits per heavy atom. The highest BCUT2D eigenvalue weighted by atomic mass is 19.1. The highest BCUT2D eigenvalue weighted by Crippen LogP contribution is 2.28. The third-order valence-electron chi connectivity index (χ3n) is 3.86. The Morgan fingerprint density at radius 2 is 2.00 bits per heavy atom. The predicted molar refractivity (Wildman–Crippen MR) is 77.8 cm³/mol. The molecule has 1 atom stereocenters. The Hall–Kier alpha value is -1.89.